The second-order valence-corrected chi connectivity index (χ2v) is 6.12. The molecule has 104 valence electrons. The van der Waals surface area contributed by atoms with Crippen LogP contribution in [-0.4, -0.2) is 19.8 Å². The van der Waals surface area contributed by atoms with Crippen molar-refractivity contribution < 1.29 is 13.9 Å². The van der Waals surface area contributed by atoms with Gasteiger partial charge in [-0.15, -0.1) is 0 Å². The molecule has 1 aromatic rings. The first-order chi connectivity index (χ1) is 9.18. The first kappa shape index (κ1) is 13.2. The van der Waals surface area contributed by atoms with Gasteiger partial charge in [0.05, 0.1) is 0 Å². The van der Waals surface area contributed by atoms with Gasteiger partial charge in [-0.2, -0.15) is 0 Å². The van der Waals surface area contributed by atoms with Crippen LogP contribution in [-0.2, 0) is 5.41 Å². The minimum atomic E-state index is -0.309. The van der Waals surface area contributed by atoms with E-state index in [-0.39, 0.29) is 17.0 Å². The van der Waals surface area contributed by atoms with Crippen molar-refractivity contribution in [3.05, 3.63) is 21.9 Å². The molecule has 1 saturated carbocycles. The van der Waals surface area contributed by atoms with Crippen LogP contribution in [0.25, 0.3) is 0 Å². The first-order valence-corrected chi connectivity index (χ1v) is 7.45. The molecule has 3 rings (SSSR count). The van der Waals surface area contributed by atoms with Crippen molar-refractivity contribution in [2.24, 2.45) is 5.73 Å². The van der Waals surface area contributed by atoms with E-state index in [9.17, 15) is 4.39 Å². The number of hydrogen-bond donors (Lipinski definition) is 1. The lowest BCUT2D eigenvalue weighted by Gasteiger charge is -2.31. The average molecular weight is 330 g/mol. The van der Waals surface area contributed by atoms with Gasteiger partial charge >= 0.3 is 0 Å². The van der Waals surface area contributed by atoms with Crippen LogP contribution in [0.4, 0.5) is 4.39 Å². The van der Waals surface area contributed by atoms with Gasteiger partial charge in [-0.25, -0.2) is 4.39 Å². The largest absolute Gasteiger partial charge is 0.486 e. The normalized spacial score (nSPS) is 20.6. The Morgan fingerprint density at radius 2 is 1.95 bits per heavy atom. The highest BCUT2D eigenvalue weighted by Crippen LogP contribution is 2.49. The van der Waals surface area contributed by atoms with Crippen LogP contribution in [0.15, 0.2) is 10.5 Å². The zero-order valence-corrected chi connectivity index (χ0v) is 12.3. The zero-order chi connectivity index (χ0) is 13.5. The molecule has 0 aromatic heterocycles. The maximum atomic E-state index is 14.8. The summed E-state index contributed by atoms with van der Waals surface area (Å²) in [7, 11) is 0. The monoisotopic (exact) mass is 329 g/mol. The number of benzene rings is 1. The Balaban J connectivity index is 2.15. The van der Waals surface area contributed by atoms with Crippen molar-refractivity contribution in [2.45, 2.75) is 31.1 Å². The third kappa shape index (κ3) is 2.03. The molecule has 19 heavy (non-hydrogen) atoms. The molecular formula is C14H17BrFNO2. The fourth-order valence-electron chi connectivity index (χ4n) is 3.21. The maximum absolute atomic E-state index is 14.8. The van der Waals surface area contributed by atoms with Crippen LogP contribution >= 0.6 is 15.9 Å². The predicted molar refractivity (Wildman–Crippen MR) is 74.3 cm³/mol. The summed E-state index contributed by atoms with van der Waals surface area (Å²) in [5.41, 5.74) is 6.35. The van der Waals surface area contributed by atoms with E-state index in [0.29, 0.717) is 31.1 Å². The molecule has 5 heteroatoms. The average Bonchev–Trinajstić information content (AvgIpc) is 2.88. The minimum absolute atomic E-state index is 0.240. The molecule has 0 radical (unpaired) electrons. The summed E-state index contributed by atoms with van der Waals surface area (Å²) in [6.45, 7) is 1.31. The number of rotatable bonds is 2. The molecule has 1 heterocycles. The third-order valence-corrected chi connectivity index (χ3v) is 4.83. The van der Waals surface area contributed by atoms with E-state index in [1.807, 2.05) is 6.07 Å². The maximum Gasteiger partial charge on any atom is 0.197 e. The van der Waals surface area contributed by atoms with Crippen LogP contribution in [0.2, 0.25) is 0 Å². The predicted octanol–water partition coefficient (Wildman–Crippen LogP) is 3.13. The van der Waals surface area contributed by atoms with Gasteiger partial charge in [0.25, 0.3) is 0 Å². The van der Waals surface area contributed by atoms with E-state index in [1.165, 1.54) is 0 Å². The molecule has 0 unspecified atom stereocenters. The fourth-order valence-corrected chi connectivity index (χ4v) is 4.01. The summed E-state index contributed by atoms with van der Waals surface area (Å²) in [4.78, 5) is 0. The summed E-state index contributed by atoms with van der Waals surface area (Å²) in [5.74, 6) is 0.408. The fraction of sp³-hybridized carbons (Fsp3) is 0.571. The van der Waals surface area contributed by atoms with Crippen LogP contribution < -0.4 is 15.2 Å². The van der Waals surface area contributed by atoms with Gasteiger partial charge in [0, 0.05) is 22.0 Å². The number of hydrogen-bond acceptors (Lipinski definition) is 3. The van der Waals surface area contributed by atoms with Crippen LogP contribution in [0.1, 0.15) is 31.2 Å². The summed E-state index contributed by atoms with van der Waals surface area (Å²) >= 11 is 3.48. The molecule has 1 aliphatic heterocycles. The SMILES string of the molecule is NCC1(c2c(Br)cc3c(c2F)OCCO3)CCCC1. The van der Waals surface area contributed by atoms with Crippen molar-refractivity contribution in [2.75, 3.05) is 19.8 Å². The van der Waals surface area contributed by atoms with Crippen molar-refractivity contribution >= 4 is 15.9 Å². The molecule has 0 spiro atoms. The highest BCUT2D eigenvalue weighted by atomic mass is 79.9. The molecule has 0 amide bonds. The van der Waals surface area contributed by atoms with Gasteiger partial charge in [0.1, 0.15) is 13.2 Å². The third-order valence-electron chi connectivity index (χ3n) is 4.21. The van der Waals surface area contributed by atoms with Gasteiger partial charge in [-0.1, -0.05) is 28.8 Å². The molecule has 0 saturated heterocycles. The molecule has 0 bridgehead atoms. The van der Waals surface area contributed by atoms with Gasteiger partial charge in [-0.3, -0.25) is 0 Å². The molecule has 2 N–H and O–H groups in total. The molecule has 3 nitrogen and oxygen atoms in total. The standard InChI is InChI=1S/C14H17BrFNO2/c15-9-7-10-13(19-6-5-18-10)12(16)11(9)14(8-17)3-1-2-4-14/h7H,1-6,8,17H2. The minimum Gasteiger partial charge on any atom is -0.486 e. The number of halogens is 2. The van der Waals surface area contributed by atoms with E-state index in [0.717, 1.165) is 30.2 Å². The lowest BCUT2D eigenvalue weighted by molar-refractivity contribution is 0.163. The van der Waals surface area contributed by atoms with Crippen molar-refractivity contribution in [1.29, 1.82) is 0 Å². The Labute approximate surface area is 120 Å². The van der Waals surface area contributed by atoms with Crippen LogP contribution in [0.3, 0.4) is 0 Å². The zero-order valence-electron chi connectivity index (χ0n) is 10.7. The van der Waals surface area contributed by atoms with E-state index < -0.39 is 0 Å². The Morgan fingerprint density at radius 3 is 2.63 bits per heavy atom. The van der Waals surface area contributed by atoms with E-state index in [1.54, 1.807) is 0 Å². The number of fused-ring (bicyclic) bond motifs is 1. The Hall–Kier alpha value is -0.810. The topological polar surface area (TPSA) is 44.5 Å². The van der Waals surface area contributed by atoms with Gasteiger partial charge in [0.15, 0.2) is 17.3 Å². The molecule has 2 aliphatic rings. The summed E-state index contributed by atoms with van der Waals surface area (Å²) in [5, 5.41) is 0. The molecule has 1 aliphatic carbocycles. The molecule has 0 atom stereocenters. The van der Waals surface area contributed by atoms with E-state index in [4.69, 9.17) is 15.2 Å². The molecule has 1 fully saturated rings. The highest BCUT2D eigenvalue weighted by molar-refractivity contribution is 9.10. The van der Waals surface area contributed by atoms with Crippen LogP contribution in [0.5, 0.6) is 11.5 Å². The summed E-state index contributed by atoms with van der Waals surface area (Å²) in [6.07, 6.45) is 4.05. The van der Waals surface area contributed by atoms with Crippen LogP contribution in [0, 0.1) is 5.82 Å². The van der Waals surface area contributed by atoms with E-state index in [2.05, 4.69) is 15.9 Å². The first-order valence-electron chi connectivity index (χ1n) is 6.66. The smallest absolute Gasteiger partial charge is 0.197 e. The van der Waals surface area contributed by atoms with E-state index >= 15 is 0 Å². The molecular weight excluding hydrogens is 313 g/mol. The summed E-state index contributed by atoms with van der Waals surface area (Å²) < 4.78 is 26.4. The Bertz CT molecular complexity index is 501. The number of ether oxygens (including phenoxy) is 2. The van der Waals surface area contributed by atoms with Gasteiger partial charge < -0.3 is 15.2 Å². The second kappa shape index (κ2) is 4.94. The number of nitrogens with two attached hydrogens (primary N) is 1. The quantitative estimate of drug-likeness (QED) is 0.906. The van der Waals surface area contributed by atoms with Crippen molar-refractivity contribution in [3.8, 4) is 11.5 Å². The van der Waals surface area contributed by atoms with Gasteiger partial charge in [0.2, 0.25) is 0 Å². The Morgan fingerprint density at radius 1 is 1.26 bits per heavy atom. The van der Waals surface area contributed by atoms with Crippen molar-refractivity contribution in [3.63, 3.8) is 0 Å². The van der Waals surface area contributed by atoms with Crippen molar-refractivity contribution in [1.82, 2.24) is 0 Å². The Kier molecular flexibility index (Phi) is 3.43. The lowest BCUT2D eigenvalue weighted by atomic mass is 9.78. The highest BCUT2D eigenvalue weighted by Gasteiger charge is 2.40. The summed E-state index contributed by atoms with van der Waals surface area (Å²) in [6, 6.07) is 1.81. The van der Waals surface area contributed by atoms with Gasteiger partial charge in [-0.05, 0) is 18.9 Å². The molecule has 1 aromatic carbocycles. The lowest BCUT2D eigenvalue weighted by Crippen LogP contribution is -2.34. The second-order valence-electron chi connectivity index (χ2n) is 5.26.